The van der Waals surface area contributed by atoms with Crippen LogP contribution in [0.25, 0.3) is 16.3 Å². The van der Waals surface area contributed by atoms with Gasteiger partial charge in [-0.2, -0.15) is 13.0 Å². The number of nitrogens with zero attached hydrogens (tertiary/aromatic N) is 2. The first kappa shape index (κ1) is 18.6. The highest BCUT2D eigenvalue weighted by Crippen LogP contribution is 2.25. The lowest BCUT2D eigenvalue weighted by molar-refractivity contribution is -0.668. The van der Waals surface area contributed by atoms with Crippen LogP contribution >= 0.6 is 22.9 Å². The Labute approximate surface area is 156 Å². The molecule has 1 N–H and O–H groups in total. The van der Waals surface area contributed by atoms with E-state index in [2.05, 4.69) is 4.90 Å². The Kier molecular flexibility index (Phi) is 5.96. The van der Waals surface area contributed by atoms with Gasteiger partial charge in [0, 0.05) is 42.9 Å². The van der Waals surface area contributed by atoms with Crippen molar-refractivity contribution < 1.29 is 22.3 Å². The first-order chi connectivity index (χ1) is 11.9. The molecule has 2 heterocycles. The molecule has 1 saturated heterocycles. The van der Waals surface area contributed by atoms with Crippen LogP contribution in [0.1, 0.15) is 11.4 Å². The second-order valence-corrected chi connectivity index (χ2v) is 8.88. The van der Waals surface area contributed by atoms with E-state index in [0.717, 1.165) is 41.5 Å². The molecule has 25 heavy (non-hydrogen) atoms. The van der Waals surface area contributed by atoms with E-state index in [1.165, 1.54) is 0 Å². The number of hydrogen-bond acceptors (Lipinski definition) is 5. The van der Waals surface area contributed by atoms with Crippen LogP contribution in [0.4, 0.5) is 0 Å². The minimum atomic E-state index is -3.96. The summed E-state index contributed by atoms with van der Waals surface area (Å²) in [6.45, 7) is 3.65. The van der Waals surface area contributed by atoms with Crippen LogP contribution in [-0.2, 0) is 21.4 Å². The third-order valence-electron chi connectivity index (χ3n) is 3.95. The van der Waals surface area contributed by atoms with Crippen LogP contribution in [-0.4, -0.2) is 49.9 Å². The number of thiazole rings is 1. The summed E-state index contributed by atoms with van der Waals surface area (Å²) in [4.78, 5) is 2.20. The van der Waals surface area contributed by atoms with E-state index in [1.54, 1.807) is 11.3 Å². The smallest absolute Gasteiger partial charge is 0.265 e. The predicted octanol–water partition coefficient (Wildman–Crippen LogP) is 2.42. The number of benzene rings is 1. The first-order valence-corrected chi connectivity index (χ1v) is 10.8. The number of fused-ring (bicyclic) bond motifs is 1. The molecule has 1 fully saturated rings. The number of rotatable bonds is 6. The van der Waals surface area contributed by atoms with E-state index in [9.17, 15) is 8.42 Å². The maximum Gasteiger partial charge on any atom is 0.265 e. The van der Waals surface area contributed by atoms with Crippen molar-refractivity contribution >= 4 is 49.3 Å². The minimum Gasteiger partial charge on any atom is -0.378 e. The van der Waals surface area contributed by atoms with Crippen LogP contribution in [0.5, 0.6) is 0 Å². The fourth-order valence-corrected chi connectivity index (χ4v) is 4.45. The molecule has 0 atom stereocenters. The number of aryl methyl sites for hydroxylation is 1. The SMILES string of the molecule is O=S(=O)(O)CCC[n+]1c(/C=C/N2CCOCC2)sc2ccc(Cl)cc21. The van der Waals surface area contributed by atoms with Crippen molar-refractivity contribution in [2.24, 2.45) is 0 Å². The van der Waals surface area contributed by atoms with E-state index in [1.807, 2.05) is 35.0 Å². The van der Waals surface area contributed by atoms with Crippen LogP contribution in [0.3, 0.4) is 0 Å². The Morgan fingerprint density at radius 2 is 2.12 bits per heavy atom. The Morgan fingerprint density at radius 1 is 1.36 bits per heavy atom. The van der Waals surface area contributed by atoms with Crippen molar-refractivity contribution in [3.05, 3.63) is 34.4 Å². The normalized spacial score (nSPS) is 16.2. The lowest BCUT2D eigenvalue weighted by Crippen LogP contribution is -2.36. The number of aromatic nitrogens is 1. The van der Waals surface area contributed by atoms with E-state index in [0.29, 0.717) is 18.0 Å². The Morgan fingerprint density at radius 3 is 2.84 bits per heavy atom. The summed E-state index contributed by atoms with van der Waals surface area (Å²) >= 11 is 7.75. The number of morpholine rings is 1. The van der Waals surface area contributed by atoms with Gasteiger partial charge in [-0.15, -0.1) is 0 Å². The zero-order chi connectivity index (χ0) is 17.9. The Balaban J connectivity index is 1.87. The van der Waals surface area contributed by atoms with Crippen LogP contribution < -0.4 is 4.57 Å². The third kappa shape index (κ3) is 5.15. The molecule has 3 rings (SSSR count). The summed E-state index contributed by atoms with van der Waals surface area (Å²) in [5.41, 5.74) is 0.967. The quantitative estimate of drug-likeness (QED) is 0.592. The zero-order valence-corrected chi connectivity index (χ0v) is 16.0. The highest BCUT2D eigenvalue weighted by Gasteiger charge is 2.20. The molecule has 0 saturated carbocycles. The van der Waals surface area contributed by atoms with Gasteiger partial charge in [0.05, 0.1) is 19.0 Å². The van der Waals surface area contributed by atoms with Crippen molar-refractivity contribution in [1.29, 1.82) is 0 Å². The van der Waals surface area contributed by atoms with Gasteiger partial charge >= 0.3 is 0 Å². The molecular formula is C16H20ClN2O4S2+. The molecule has 0 bridgehead atoms. The van der Waals surface area contributed by atoms with Gasteiger partial charge in [-0.1, -0.05) is 22.9 Å². The summed E-state index contributed by atoms with van der Waals surface area (Å²) in [7, 11) is -3.96. The molecule has 136 valence electrons. The predicted molar refractivity (Wildman–Crippen MR) is 99.5 cm³/mol. The highest BCUT2D eigenvalue weighted by molar-refractivity contribution is 7.85. The van der Waals surface area contributed by atoms with Gasteiger partial charge in [0.2, 0.25) is 5.52 Å². The topological polar surface area (TPSA) is 70.7 Å². The standard InChI is InChI=1S/C16H19ClN2O4S2/c17-13-2-3-15-14(12-13)19(5-1-11-25(20,21)22)16(24-15)4-6-18-7-9-23-10-8-18/h2-4,6,12H,1,5,7-11H2/p+1. The molecule has 2 aromatic rings. The summed E-state index contributed by atoms with van der Waals surface area (Å²) in [5, 5.41) is 1.65. The van der Waals surface area contributed by atoms with Gasteiger partial charge in [-0.05, 0) is 12.1 Å². The minimum absolute atomic E-state index is 0.259. The van der Waals surface area contributed by atoms with Gasteiger partial charge in [-0.3, -0.25) is 4.55 Å². The molecule has 9 heteroatoms. The summed E-state index contributed by atoms with van der Waals surface area (Å²) in [6, 6.07) is 5.69. The molecule has 0 amide bonds. The van der Waals surface area contributed by atoms with Gasteiger partial charge in [0.1, 0.15) is 4.70 Å². The molecule has 6 nitrogen and oxygen atoms in total. The lowest BCUT2D eigenvalue weighted by Gasteiger charge is -2.24. The van der Waals surface area contributed by atoms with E-state index in [4.69, 9.17) is 20.9 Å². The van der Waals surface area contributed by atoms with Crippen molar-refractivity contribution in [2.45, 2.75) is 13.0 Å². The molecule has 1 aromatic heterocycles. The lowest BCUT2D eigenvalue weighted by atomic mass is 10.3. The zero-order valence-electron chi connectivity index (χ0n) is 13.6. The van der Waals surface area contributed by atoms with Crippen LogP contribution in [0, 0.1) is 0 Å². The van der Waals surface area contributed by atoms with Gasteiger partial charge < -0.3 is 9.64 Å². The average Bonchev–Trinajstić information content (AvgIpc) is 2.90. The molecule has 0 radical (unpaired) electrons. The first-order valence-electron chi connectivity index (χ1n) is 7.99. The monoisotopic (exact) mass is 403 g/mol. The fraction of sp³-hybridized carbons (Fsp3) is 0.438. The van der Waals surface area contributed by atoms with Gasteiger partial charge in [0.25, 0.3) is 15.1 Å². The molecule has 0 spiro atoms. The van der Waals surface area contributed by atoms with Crippen molar-refractivity contribution in [2.75, 3.05) is 32.1 Å². The van der Waals surface area contributed by atoms with E-state index < -0.39 is 10.1 Å². The van der Waals surface area contributed by atoms with E-state index >= 15 is 0 Å². The highest BCUT2D eigenvalue weighted by atomic mass is 35.5. The molecule has 0 unspecified atom stereocenters. The summed E-state index contributed by atoms with van der Waals surface area (Å²) < 4.78 is 39.4. The molecule has 1 aromatic carbocycles. The Bertz CT molecular complexity index is 874. The molecule has 0 aliphatic carbocycles. The second kappa shape index (κ2) is 8.01. The van der Waals surface area contributed by atoms with Crippen molar-refractivity contribution in [3.63, 3.8) is 0 Å². The van der Waals surface area contributed by atoms with Crippen molar-refractivity contribution in [1.82, 2.24) is 4.90 Å². The van der Waals surface area contributed by atoms with Gasteiger partial charge in [-0.25, -0.2) is 0 Å². The molecular weight excluding hydrogens is 384 g/mol. The van der Waals surface area contributed by atoms with E-state index in [-0.39, 0.29) is 5.75 Å². The Hall–Kier alpha value is -1.19. The summed E-state index contributed by atoms with van der Waals surface area (Å²) in [5.74, 6) is -0.259. The average molecular weight is 404 g/mol. The maximum absolute atomic E-state index is 11.0. The van der Waals surface area contributed by atoms with Crippen LogP contribution in [0.2, 0.25) is 5.02 Å². The second-order valence-electron chi connectivity index (χ2n) is 5.81. The largest absolute Gasteiger partial charge is 0.378 e. The maximum atomic E-state index is 11.0. The number of halogens is 1. The summed E-state index contributed by atoms with van der Waals surface area (Å²) in [6.07, 6.45) is 4.42. The van der Waals surface area contributed by atoms with Crippen LogP contribution in [0.15, 0.2) is 24.4 Å². The molecule has 1 aliphatic rings. The number of hydrogen-bond donors (Lipinski definition) is 1. The van der Waals surface area contributed by atoms with Crippen molar-refractivity contribution in [3.8, 4) is 0 Å². The molecule has 1 aliphatic heterocycles. The third-order valence-corrected chi connectivity index (χ3v) is 6.12. The number of ether oxygens (including phenoxy) is 1. The fourth-order valence-electron chi connectivity index (χ4n) is 2.73. The van der Waals surface area contributed by atoms with Gasteiger partial charge in [0.15, 0.2) is 6.54 Å².